The van der Waals surface area contributed by atoms with Gasteiger partial charge in [0.05, 0.1) is 0 Å². The van der Waals surface area contributed by atoms with Crippen molar-refractivity contribution >= 4 is 0 Å². The maximum absolute atomic E-state index is 12.6. The fraction of sp³-hybridized carbons (Fsp3) is 0.143. The molecule has 0 aliphatic rings. The average Bonchev–Trinajstić information content (AvgIpc) is 2.30. The lowest BCUT2D eigenvalue weighted by molar-refractivity contribution is 0.305. The molecule has 2 heteroatoms. The van der Waals surface area contributed by atoms with Crippen LogP contribution in [0.3, 0.4) is 0 Å². The minimum Gasteiger partial charge on any atom is -0.489 e. The second kappa shape index (κ2) is 4.79. The Labute approximate surface area is 94.5 Å². The Bertz CT molecular complexity index is 400. The van der Waals surface area contributed by atoms with Gasteiger partial charge in [-0.15, -0.1) is 0 Å². The van der Waals surface area contributed by atoms with Crippen molar-refractivity contribution < 1.29 is 9.13 Å². The summed E-state index contributed by atoms with van der Waals surface area (Å²) in [5.74, 6) is 0.435. The highest BCUT2D eigenvalue weighted by molar-refractivity contribution is 5.24. The van der Waals surface area contributed by atoms with Gasteiger partial charge in [0.25, 0.3) is 0 Å². The van der Waals surface area contributed by atoms with Crippen molar-refractivity contribution in [3.05, 3.63) is 65.5 Å². The monoisotopic (exact) mass is 216 g/mol. The van der Waals surface area contributed by atoms with Gasteiger partial charge in [-0.3, -0.25) is 0 Å². The van der Waals surface area contributed by atoms with Crippen molar-refractivity contribution in [1.29, 1.82) is 0 Å². The van der Waals surface area contributed by atoms with Crippen molar-refractivity contribution in [2.24, 2.45) is 0 Å². The molecule has 0 amide bonds. The summed E-state index contributed by atoms with van der Waals surface area (Å²) in [6.45, 7) is 2.55. The largest absolute Gasteiger partial charge is 0.489 e. The predicted molar refractivity (Wildman–Crippen MR) is 61.9 cm³/mol. The van der Waals surface area contributed by atoms with E-state index in [1.807, 2.05) is 31.2 Å². The van der Waals surface area contributed by atoms with Crippen molar-refractivity contribution in [3.8, 4) is 5.75 Å². The van der Waals surface area contributed by atoms with Crippen molar-refractivity contribution in [2.75, 3.05) is 0 Å². The SMILES string of the molecule is Cc1ccc(COc2ccc(F)cc2)cc1. The number of ether oxygens (including phenoxy) is 1. The summed E-state index contributed by atoms with van der Waals surface area (Å²) in [7, 11) is 0. The molecule has 0 heterocycles. The first kappa shape index (κ1) is 10.7. The minimum atomic E-state index is -0.248. The standard InChI is InChI=1S/C14H13FO/c1-11-2-4-12(5-3-11)10-16-14-8-6-13(15)7-9-14/h2-9H,10H2,1H3. The molecule has 1 nitrogen and oxygen atoms in total. The van der Waals surface area contributed by atoms with Gasteiger partial charge in [-0.1, -0.05) is 29.8 Å². The van der Waals surface area contributed by atoms with Crippen LogP contribution in [0.15, 0.2) is 48.5 Å². The lowest BCUT2D eigenvalue weighted by Gasteiger charge is -2.06. The predicted octanol–water partition coefficient (Wildman–Crippen LogP) is 3.71. The molecule has 0 aliphatic carbocycles. The van der Waals surface area contributed by atoms with Crippen LogP contribution in [-0.2, 0) is 6.61 Å². The average molecular weight is 216 g/mol. The third-order valence-electron chi connectivity index (χ3n) is 2.34. The number of benzene rings is 2. The van der Waals surface area contributed by atoms with Gasteiger partial charge in [-0.25, -0.2) is 4.39 Å². The molecule has 0 atom stereocenters. The number of hydrogen-bond acceptors (Lipinski definition) is 1. The maximum Gasteiger partial charge on any atom is 0.123 e. The van der Waals surface area contributed by atoms with Gasteiger partial charge >= 0.3 is 0 Å². The molecular weight excluding hydrogens is 203 g/mol. The van der Waals surface area contributed by atoms with E-state index in [-0.39, 0.29) is 5.82 Å². The Balaban J connectivity index is 1.97. The summed E-state index contributed by atoms with van der Waals surface area (Å²) in [4.78, 5) is 0. The molecule has 0 aromatic heterocycles. The van der Waals surface area contributed by atoms with Gasteiger partial charge in [-0.2, -0.15) is 0 Å². The van der Waals surface area contributed by atoms with E-state index in [0.717, 1.165) is 5.56 Å². The van der Waals surface area contributed by atoms with Gasteiger partial charge < -0.3 is 4.74 Å². The van der Waals surface area contributed by atoms with Gasteiger partial charge in [0.1, 0.15) is 18.2 Å². The van der Waals surface area contributed by atoms with E-state index in [1.165, 1.54) is 17.7 Å². The summed E-state index contributed by atoms with van der Waals surface area (Å²) in [6.07, 6.45) is 0. The van der Waals surface area contributed by atoms with Gasteiger partial charge in [-0.05, 0) is 36.8 Å². The smallest absolute Gasteiger partial charge is 0.123 e. The van der Waals surface area contributed by atoms with Crippen LogP contribution in [0.25, 0.3) is 0 Å². The Morgan fingerprint density at radius 3 is 2.19 bits per heavy atom. The van der Waals surface area contributed by atoms with Crippen LogP contribution in [0.4, 0.5) is 4.39 Å². The van der Waals surface area contributed by atoms with Crippen LogP contribution in [0.2, 0.25) is 0 Å². The molecule has 0 aliphatic heterocycles. The summed E-state index contributed by atoms with van der Waals surface area (Å²) >= 11 is 0. The second-order valence-corrected chi connectivity index (χ2v) is 3.73. The minimum absolute atomic E-state index is 0.248. The Hall–Kier alpha value is -1.83. The lowest BCUT2D eigenvalue weighted by atomic mass is 10.2. The Morgan fingerprint density at radius 2 is 1.56 bits per heavy atom. The molecule has 0 saturated carbocycles. The Morgan fingerprint density at radius 1 is 0.938 bits per heavy atom. The van der Waals surface area contributed by atoms with E-state index < -0.39 is 0 Å². The zero-order valence-corrected chi connectivity index (χ0v) is 9.11. The molecule has 0 spiro atoms. The summed E-state index contributed by atoms with van der Waals surface area (Å²) in [5.41, 5.74) is 2.33. The molecule has 0 unspecified atom stereocenters. The van der Waals surface area contributed by atoms with E-state index in [9.17, 15) is 4.39 Å². The topological polar surface area (TPSA) is 9.23 Å². The summed E-state index contributed by atoms with van der Waals surface area (Å²) < 4.78 is 18.2. The van der Waals surface area contributed by atoms with Crippen LogP contribution in [0.5, 0.6) is 5.75 Å². The zero-order chi connectivity index (χ0) is 11.4. The lowest BCUT2D eigenvalue weighted by Crippen LogP contribution is -1.95. The zero-order valence-electron chi connectivity index (χ0n) is 9.11. The third kappa shape index (κ3) is 2.83. The number of halogens is 1. The quantitative estimate of drug-likeness (QED) is 0.759. The van der Waals surface area contributed by atoms with E-state index in [2.05, 4.69) is 0 Å². The first-order valence-corrected chi connectivity index (χ1v) is 5.18. The molecule has 0 fully saturated rings. The third-order valence-corrected chi connectivity index (χ3v) is 2.34. The van der Waals surface area contributed by atoms with Gasteiger partial charge in [0, 0.05) is 0 Å². The fourth-order valence-electron chi connectivity index (χ4n) is 1.38. The van der Waals surface area contributed by atoms with Crippen LogP contribution in [0, 0.1) is 12.7 Å². The van der Waals surface area contributed by atoms with E-state index >= 15 is 0 Å². The van der Waals surface area contributed by atoms with Crippen LogP contribution in [-0.4, -0.2) is 0 Å². The first-order chi connectivity index (χ1) is 7.74. The molecular formula is C14H13FO. The maximum atomic E-state index is 12.6. The molecule has 0 saturated heterocycles. The van der Waals surface area contributed by atoms with Crippen LogP contribution >= 0.6 is 0 Å². The van der Waals surface area contributed by atoms with Crippen LogP contribution in [0.1, 0.15) is 11.1 Å². The highest BCUT2D eigenvalue weighted by Crippen LogP contribution is 2.13. The summed E-state index contributed by atoms with van der Waals surface area (Å²) in [6, 6.07) is 14.2. The molecule has 2 rings (SSSR count). The van der Waals surface area contributed by atoms with E-state index in [1.54, 1.807) is 12.1 Å². The molecule has 2 aromatic carbocycles. The molecule has 82 valence electrons. The Kier molecular flexibility index (Phi) is 3.20. The highest BCUT2D eigenvalue weighted by atomic mass is 19.1. The second-order valence-electron chi connectivity index (χ2n) is 3.73. The molecule has 16 heavy (non-hydrogen) atoms. The van der Waals surface area contributed by atoms with Gasteiger partial charge in [0.2, 0.25) is 0 Å². The summed E-state index contributed by atoms with van der Waals surface area (Å²) in [5, 5.41) is 0. The first-order valence-electron chi connectivity index (χ1n) is 5.18. The van der Waals surface area contributed by atoms with E-state index in [0.29, 0.717) is 12.4 Å². The normalized spacial score (nSPS) is 10.1. The molecule has 2 aromatic rings. The molecule has 0 radical (unpaired) electrons. The number of aryl methyl sites for hydroxylation is 1. The van der Waals surface area contributed by atoms with Crippen molar-refractivity contribution in [3.63, 3.8) is 0 Å². The molecule has 0 N–H and O–H groups in total. The van der Waals surface area contributed by atoms with Crippen molar-refractivity contribution in [1.82, 2.24) is 0 Å². The fourth-order valence-corrected chi connectivity index (χ4v) is 1.38. The molecule has 0 bridgehead atoms. The highest BCUT2D eigenvalue weighted by Gasteiger charge is 1.96. The van der Waals surface area contributed by atoms with Gasteiger partial charge in [0.15, 0.2) is 0 Å². The van der Waals surface area contributed by atoms with E-state index in [4.69, 9.17) is 4.74 Å². The van der Waals surface area contributed by atoms with Crippen LogP contribution < -0.4 is 4.74 Å². The number of rotatable bonds is 3. The number of hydrogen-bond donors (Lipinski definition) is 0. The van der Waals surface area contributed by atoms with Crippen molar-refractivity contribution in [2.45, 2.75) is 13.5 Å².